The van der Waals surface area contributed by atoms with Crippen molar-refractivity contribution in [1.82, 2.24) is 15.0 Å². The molecule has 8 heteroatoms. The van der Waals surface area contributed by atoms with Crippen LogP contribution in [0.25, 0.3) is 11.5 Å². The number of halogens is 4. The molecule has 1 aromatic carbocycles. The summed E-state index contributed by atoms with van der Waals surface area (Å²) in [6, 6.07) is 11.9. The van der Waals surface area contributed by atoms with Crippen LogP contribution in [-0.4, -0.2) is 15.0 Å². The number of benzene rings is 1. The molecule has 1 N–H and O–H groups in total. The van der Waals surface area contributed by atoms with Crippen molar-refractivity contribution in [1.29, 1.82) is 0 Å². The zero-order valence-electron chi connectivity index (χ0n) is 13.0. The van der Waals surface area contributed by atoms with Crippen molar-refractivity contribution in [3.63, 3.8) is 0 Å². The molecule has 25 heavy (non-hydrogen) atoms. The van der Waals surface area contributed by atoms with Gasteiger partial charge in [0, 0.05) is 11.9 Å². The van der Waals surface area contributed by atoms with Crippen LogP contribution < -0.4 is 5.32 Å². The Labute approximate surface area is 146 Å². The van der Waals surface area contributed by atoms with Crippen molar-refractivity contribution >= 4 is 23.1 Å². The van der Waals surface area contributed by atoms with E-state index in [1.807, 2.05) is 13.0 Å². The summed E-state index contributed by atoms with van der Waals surface area (Å²) in [5, 5.41) is 2.01. The van der Waals surface area contributed by atoms with Crippen molar-refractivity contribution in [3.8, 4) is 11.5 Å². The maximum Gasteiger partial charge on any atom is 0.422 e. The van der Waals surface area contributed by atoms with Gasteiger partial charge in [-0.2, -0.15) is 13.2 Å². The summed E-state index contributed by atoms with van der Waals surface area (Å²) in [6.07, 6.45) is -3.20. The standard InChI is InChI=1S/C17H12ClF3N4/c1-10-5-4-6-11(9-10)23-16-13(17(19,20)21)14(18)24-15(25-16)12-7-2-3-8-22-12/h2-9H,1H3,(H,23,24,25). The molecular formula is C17H12ClF3N4. The molecule has 4 nitrogen and oxygen atoms in total. The van der Waals surface area contributed by atoms with Gasteiger partial charge in [0.15, 0.2) is 5.82 Å². The molecule has 2 aromatic heterocycles. The van der Waals surface area contributed by atoms with E-state index >= 15 is 0 Å². The topological polar surface area (TPSA) is 50.7 Å². The molecular weight excluding hydrogens is 353 g/mol. The molecule has 2 heterocycles. The van der Waals surface area contributed by atoms with E-state index in [4.69, 9.17) is 11.6 Å². The second kappa shape index (κ2) is 6.68. The van der Waals surface area contributed by atoms with E-state index < -0.39 is 22.7 Å². The highest BCUT2D eigenvalue weighted by Crippen LogP contribution is 2.40. The highest BCUT2D eigenvalue weighted by molar-refractivity contribution is 6.30. The number of alkyl halides is 3. The third kappa shape index (κ3) is 3.88. The van der Waals surface area contributed by atoms with Gasteiger partial charge in [0.25, 0.3) is 0 Å². The van der Waals surface area contributed by atoms with E-state index in [9.17, 15) is 13.2 Å². The number of anilines is 2. The highest BCUT2D eigenvalue weighted by Gasteiger charge is 2.38. The maximum absolute atomic E-state index is 13.4. The minimum Gasteiger partial charge on any atom is -0.340 e. The van der Waals surface area contributed by atoms with Crippen LogP contribution in [0.2, 0.25) is 5.15 Å². The van der Waals surface area contributed by atoms with Crippen LogP contribution in [0.5, 0.6) is 0 Å². The van der Waals surface area contributed by atoms with Gasteiger partial charge in [-0.3, -0.25) is 4.98 Å². The third-order valence-electron chi connectivity index (χ3n) is 3.32. The van der Waals surface area contributed by atoms with Crippen molar-refractivity contribution in [2.75, 3.05) is 5.32 Å². The Morgan fingerprint density at radius 3 is 2.48 bits per heavy atom. The van der Waals surface area contributed by atoms with E-state index in [0.717, 1.165) is 5.56 Å². The van der Waals surface area contributed by atoms with E-state index in [1.165, 1.54) is 6.20 Å². The molecule has 0 aliphatic carbocycles. The van der Waals surface area contributed by atoms with Gasteiger partial charge in [0.1, 0.15) is 22.2 Å². The molecule has 0 unspecified atom stereocenters. The molecule has 3 rings (SSSR count). The van der Waals surface area contributed by atoms with Crippen LogP contribution in [0.3, 0.4) is 0 Å². The molecule has 0 aliphatic heterocycles. The third-order valence-corrected chi connectivity index (χ3v) is 3.60. The van der Waals surface area contributed by atoms with Gasteiger partial charge in [-0.05, 0) is 36.8 Å². The molecule has 0 fully saturated rings. The van der Waals surface area contributed by atoms with Crippen molar-refractivity contribution in [2.45, 2.75) is 13.1 Å². The first kappa shape index (κ1) is 17.2. The van der Waals surface area contributed by atoms with Gasteiger partial charge < -0.3 is 5.32 Å². The van der Waals surface area contributed by atoms with Crippen LogP contribution in [0, 0.1) is 6.92 Å². The summed E-state index contributed by atoms with van der Waals surface area (Å²) in [7, 11) is 0. The summed E-state index contributed by atoms with van der Waals surface area (Å²) >= 11 is 5.83. The lowest BCUT2D eigenvalue weighted by molar-refractivity contribution is -0.137. The number of hydrogen-bond acceptors (Lipinski definition) is 4. The van der Waals surface area contributed by atoms with Crippen LogP contribution in [-0.2, 0) is 6.18 Å². The Balaban J connectivity index is 2.14. The zero-order chi connectivity index (χ0) is 18.0. The summed E-state index contributed by atoms with van der Waals surface area (Å²) in [5.74, 6) is -0.410. The van der Waals surface area contributed by atoms with Gasteiger partial charge in [-0.25, -0.2) is 9.97 Å². The second-order valence-electron chi connectivity index (χ2n) is 5.27. The van der Waals surface area contributed by atoms with Crippen LogP contribution >= 0.6 is 11.6 Å². The maximum atomic E-state index is 13.4. The Bertz CT molecular complexity index is 898. The average molecular weight is 365 g/mol. The normalized spacial score (nSPS) is 11.4. The van der Waals surface area contributed by atoms with E-state index in [2.05, 4.69) is 20.3 Å². The fourth-order valence-corrected chi connectivity index (χ4v) is 2.52. The molecule has 0 spiro atoms. The Hall–Kier alpha value is -2.67. The van der Waals surface area contributed by atoms with E-state index in [1.54, 1.807) is 36.4 Å². The number of aryl methyl sites for hydroxylation is 1. The Kier molecular flexibility index (Phi) is 4.59. The predicted molar refractivity (Wildman–Crippen MR) is 89.7 cm³/mol. The Morgan fingerprint density at radius 1 is 1.04 bits per heavy atom. The Morgan fingerprint density at radius 2 is 1.84 bits per heavy atom. The lowest BCUT2D eigenvalue weighted by Gasteiger charge is -2.16. The number of rotatable bonds is 3. The van der Waals surface area contributed by atoms with Gasteiger partial charge in [-0.1, -0.05) is 29.8 Å². The van der Waals surface area contributed by atoms with Crippen molar-refractivity contribution < 1.29 is 13.2 Å². The van der Waals surface area contributed by atoms with Gasteiger partial charge >= 0.3 is 6.18 Å². The first-order chi connectivity index (χ1) is 11.8. The van der Waals surface area contributed by atoms with Crippen molar-refractivity contribution in [3.05, 3.63) is 64.9 Å². The molecule has 0 aliphatic rings. The number of pyridine rings is 1. The summed E-state index contributed by atoms with van der Waals surface area (Å²) in [5.41, 5.74) is 0.566. The van der Waals surface area contributed by atoms with Crippen molar-refractivity contribution in [2.24, 2.45) is 0 Å². The molecule has 0 amide bonds. The summed E-state index contributed by atoms with van der Waals surface area (Å²) in [6.45, 7) is 1.84. The largest absolute Gasteiger partial charge is 0.422 e. The monoisotopic (exact) mass is 364 g/mol. The van der Waals surface area contributed by atoms with Gasteiger partial charge in [0.05, 0.1) is 0 Å². The molecule has 3 aromatic rings. The molecule has 0 saturated carbocycles. The molecule has 0 atom stereocenters. The molecule has 0 radical (unpaired) electrons. The fourth-order valence-electron chi connectivity index (χ4n) is 2.24. The predicted octanol–water partition coefficient (Wildman–Crippen LogP) is 5.26. The highest BCUT2D eigenvalue weighted by atomic mass is 35.5. The van der Waals surface area contributed by atoms with Crippen LogP contribution in [0.1, 0.15) is 11.1 Å². The lowest BCUT2D eigenvalue weighted by atomic mass is 10.2. The minimum atomic E-state index is -4.70. The minimum absolute atomic E-state index is 0.00810. The molecule has 0 saturated heterocycles. The summed E-state index contributed by atoms with van der Waals surface area (Å²) < 4.78 is 40.2. The molecule has 0 bridgehead atoms. The smallest absolute Gasteiger partial charge is 0.340 e. The number of nitrogens with one attached hydrogen (secondary N) is 1. The first-order valence-corrected chi connectivity index (χ1v) is 7.62. The van der Waals surface area contributed by atoms with E-state index in [-0.39, 0.29) is 5.82 Å². The van der Waals surface area contributed by atoms with E-state index in [0.29, 0.717) is 11.4 Å². The average Bonchev–Trinajstić information content (AvgIpc) is 2.54. The quantitative estimate of drug-likeness (QED) is 0.644. The zero-order valence-corrected chi connectivity index (χ0v) is 13.7. The van der Waals surface area contributed by atoms with Crippen LogP contribution in [0.4, 0.5) is 24.7 Å². The number of aromatic nitrogens is 3. The first-order valence-electron chi connectivity index (χ1n) is 7.24. The number of hydrogen-bond donors (Lipinski definition) is 1. The number of nitrogens with zero attached hydrogens (tertiary/aromatic N) is 3. The SMILES string of the molecule is Cc1cccc(Nc2nc(-c3ccccn3)nc(Cl)c2C(F)(F)F)c1. The van der Waals surface area contributed by atoms with Gasteiger partial charge in [-0.15, -0.1) is 0 Å². The van der Waals surface area contributed by atoms with Gasteiger partial charge in [0.2, 0.25) is 0 Å². The van der Waals surface area contributed by atoms with Crippen LogP contribution in [0.15, 0.2) is 48.7 Å². The second-order valence-corrected chi connectivity index (χ2v) is 5.63. The summed E-state index contributed by atoms with van der Waals surface area (Å²) in [4.78, 5) is 11.8. The lowest BCUT2D eigenvalue weighted by Crippen LogP contribution is -2.13. The molecule has 128 valence electrons. The fraction of sp³-hybridized carbons (Fsp3) is 0.118.